The largest absolute Gasteiger partial charge is 0.468 e. The number of anilines is 1. The molecule has 13 heavy (non-hydrogen) atoms. The van der Waals surface area contributed by atoms with Crippen LogP contribution in [0.25, 0.3) is 0 Å². The van der Waals surface area contributed by atoms with Gasteiger partial charge in [0.15, 0.2) is 0 Å². The second-order valence-electron chi connectivity index (χ2n) is 1.97. The van der Waals surface area contributed by atoms with Gasteiger partial charge in [-0.1, -0.05) is 0 Å². The summed E-state index contributed by atoms with van der Waals surface area (Å²) < 4.78 is 4.96. The van der Waals surface area contributed by atoms with Gasteiger partial charge in [0, 0.05) is 0 Å². The summed E-state index contributed by atoms with van der Waals surface area (Å²) in [5, 5.41) is 0. The minimum atomic E-state index is 0.431. The molecule has 0 aliphatic heterocycles. The molecule has 0 saturated heterocycles. The van der Waals surface area contributed by atoms with Crippen molar-refractivity contribution in [3.63, 3.8) is 0 Å². The van der Waals surface area contributed by atoms with E-state index in [9.17, 15) is 4.79 Å². The van der Waals surface area contributed by atoms with Crippen LogP contribution in [0, 0.1) is 0 Å². The van der Waals surface area contributed by atoms with Crippen molar-refractivity contribution in [3.8, 4) is 0 Å². The molecular weight excluding hydrogens is 236 g/mol. The van der Waals surface area contributed by atoms with Crippen molar-refractivity contribution in [1.29, 1.82) is 0 Å². The van der Waals surface area contributed by atoms with E-state index in [-0.39, 0.29) is 0 Å². The number of pyridine rings is 1. The summed E-state index contributed by atoms with van der Waals surface area (Å²) in [6.07, 6.45) is 1.60. The van der Waals surface area contributed by atoms with Crippen LogP contribution in [0.5, 0.6) is 0 Å². The zero-order valence-electron chi connectivity index (χ0n) is 7.24. The minimum Gasteiger partial charge on any atom is -0.468 e. The minimum absolute atomic E-state index is 0.431. The molecule has 0 aromatic carbocycles. The third-order valence-electron chi connectivity index (χ3n) is 0.985. The van der Waals surface area contributed by atoms with Crippen molar-refractivity contribution < 1.29 is 9.53 Å². The predicted octanol–water partition coefficient (Wildman–Crippen LogP) is 1.61. The number of rotatable bonds is 2. The molecular formula is C8H11BrN2O2. The summed E-state index contributed by atoms with van der Waals surface area (Å²) in [6, 6.07) is 3.59. The summed E-state index contributed by atoms with van der Waals surface area (Å²) in [5.74, 6) is 0. The summed E-state index contributed by atoms with van der Waals surface area (Å²) in [7, 11) is 0. The molecule has 4 nitrogen and oxygen atoms in total. The van der Waals surface area contributed by atoms with Gasteiger partial charge >= 0.3 is 0 Å². The SMILES string of the molecule is CCOC=O.Nc1ccc(Br)nc1. The first-order chi connectivity index (χ1) is 6.20. The van der Waals surface area contributed by atoms with E-state index in [0.717, 1.165) is 4.60 Å². The van der Waals surface area contributed by atoms with Gasteiger partial charge < -0.3 is 10.5 Å². The van der Waals surface area contributed by atoms with E-state index in [4.69, 9.17) is 5.73 Å². The number of aromatic nitrogens is 1. The Hall–Kier alpha value is -1.10. The first-order valence-electron chi connectivity index (χ1n) is 3.63. The highest BCUT2D eigenvalue weighted by molar-refractivity contribution is 9.10. The first-order valence-corrected chi connectivity index (χ1v) is 4.42. The number of carbonyl (C=O) groups is 1. The molecule has 0 aliphatic rings. The van der Waals surface area contributed by atoms with Crippen LogP contribution in [0.15, 0.2) is 22.9 Å². The molecule has 0 atom stereocenters. The summed E-state index contributed by atoms with van der Waals surface area (Å²) in [6.45, 7) is 2.66. The second-order valence-corrected chi connectivity index (χ2v) is 2.78. The highest BCUT2D eigenvalue weighted by Gasteiger charge is 1.83. The fourth-order valence-electron chi connectivity index (χ4n) is 0.455. The molecule has 0 saturated carbocycles. The Labute approximate surface area is 85.2 Å². The predicted molar refractivity (Wildman–Crippen MR) is 54.0 cm³/mol. The number of halogens is 1. The Morgan fingerprint density at radius 2 is 2.38 bits per heavy atom. The Morgan fingerprint density at radius 1 is 1.69 bits per heavy atom. The zero-order chi connectivity index (χ0) is 10.1. The molecule has 0 radical (unpaired) electrons. The van der Waals surface area contributed by atoms with Crippen molar-refractivity contribution >= 4 is 28.1 Å². The van der Waals surface area contributed by atoms with Crippen LogP contribution in [0.1, 0.15) is 6.92 Å². The zero-order valence-corrected chi connectivity index (χ0v) is 8.82. The average molecular weight is 247 g/mol. The Balaban J connectivity index is 0.000000252. The molecule has 0 aliphatic carbocycles. The molecule has 0 bridgehead atoms. The van der Waals surface area contributed by atoms with Gasteiger partial charge in [-0.25, -0.2) is 4.98 Å². The van der Waals surface area contributed by atoms with Gasteiger partial charge in [-0.3, -0.25) is 4.79 Å². The maximum atomic E-state index is 9.18. The Morgan fingerprint density at radius 3 is 2.62 bits per heavy atom. The quantitative estimate of drug-likeness (QED) is 0.636. The van der Waals surface area contributed by atoms with Gasteiger partial charge in [-0.2, -0.15) is 0 Å². The van der Waals surface area contributed by atoms with Crippen LogP contribution in [-0.2, 0) is 9.53 Å². The Kier molecular flexibility index (Phi) is 6.91. The first kappa shape index (κ1) is 11.9. The van der Waals surface area contributed by atoms with Crippen LogP contribution >= 0.6 is 15.9 Å². The van der Waals surface area contributed by atoms with E-state index in [1.807, 2.05) is 0 Å². The topological polar surface area (TPSA) is 65.2 Å². The lowest BCUT2D eigenvalue weighted by Crippen LogP contribution is -1.83. The van der Waals surface area contributed by atoms with Gasteiger partial charge in [0.25, 0.3) is 6.47 Å². The third-order valence-corrected chi connectivity index (χ3v) is 1.45. The van der Waals surface area contributed by atoms with Gasteiger partial charge in [-0.05, 0) is 35.0 Å². The lowest BCUT2D eigenvalue weighted by Gasteiger charge is -1.88. The number of carbonyl (C=O) groups excluding carboxylic acids is 1. The van der Waals surface area contributed by atoms with Crippen LogP contribution in [0.3, 0.4) is 0 Å². The van der Waals surface area contributed by atoms with Gasteiger partial charge in [-0.15, -0.1) is 0 Å². The van der Waals surface area contributed by atoms with E-state index < -0.39 is 0 Å². The molecule has 1 rings (SSSR count). The Bertz CT molecular complexity index is 217. The molecule has 1 aromatic rings. The lowest BCUT2D eigenvalue weighted by molar-refractivity contribution is -0.128. The number of hydrogen-bond acceptors (Lipinski definition) is 4. The van der Waals surface area contributed by atoms with Gasteiger partial charge in [0.05, 0.1) is 18.5 Å². The number of nitrogens with zero attached hydrogens (tertiary/aromatic N) is 1. The number of nitrogen functional groups attached to an aromatic ring is 1. The van der Waals surface area contributed by atoms with Crippen molar-refractivity contribution in [2.45, 2.75) is 6.92 Å². The maximum absolute atomic E-state index is 9.18. The molecule has 0 fully saturated rings. The average Bonchev–Trinajstić information content (AvgIpc) is 2.13. The molecule has 0 spiro atoms. The molecule has 0 unspecified atom stereocenters. The molecule has 2 N–H and O–H groups in total. The summed E-state index contributed by atoms with van der Waals surface area (Å²) >= 11 is 3.18. The van der Waals surface area contributed by atoms with Crippen molar-refractivity contribution in [1.82, 2.24) is 4.98 Å². The van der Waals surface area contributed by atoms with E-state index >= 15 is 0 Å². The fraction of sp³-hybridized carbons (Fsp3) is 0.250. The maximum Gasteiger partial charge on any atom is 0.293 e. The standard InChI is InChI=1S/C5H5BrN2.C3H6O2/c6-5-2-1-4(7)3-8-5;1-2-5-3-4/h1-3H,7H2;3H,2H2,1H3. The molecule has 0 amide bonds. The molecule has 5 heteroatoms. The van der Waals surface area contributed by atoms with Crippen LogP contribution in [0.4, 0.5) is 5.69 Å². The van der Waals surface area contributed by atoms with E-state index in [2.05, 4.69) is 25.7 Å². The summed E-state index contributed by atoms with van der Waals surface area (Å²) in [4.78, 5) is 13.1. The number of ether oxygens (including phenoxy) is 1. The van der Waals surface area contributed by atoms with E-state index in [1.54, 1.807) is 25.3 Å². The smallest absolute Gasteiger partial charge is 0.293 e. The number of hydrogen-bond donors (Lipinski definition) is 1. The summed E-state index contributed by atoms with van der Waals surface area (Å²) in [5.41, 5.74) is 6.03. The third kappa shape index (κ3) is 7.27. The van der Waals surface area contributed by atoms with Crippen LogP contribution < -0.4 is 5.73 Å². The van der Waals surface area contributed by atoms with E-state index in [0.29, 0.717) is 18.8 Å². The van der Waals surface area contributed by atoms with E-state index in [1.165, 1.54) is 0 Å². The van der Waals surface area contributed by atoms with Crippen molar-refractivity contribution in [3.05, 3.63) is 22.9 Å². The monoisotopic (exact) mass is 246 g/mol. The van der Waals surface area contributed by atoms with Crippen molar-refractivity contribution in [2.75, 3.05) is 12.3 Å². The number of nitrogens with two attached hydrogens (primary N) is 1. The molecule has 72 valence electrons. The normalized spacial score (nSPS) is 8.15. The second kappa shape index (κ2) is 7.54. The molecule has 1 aromatic heterocycles. The van der Waals surface area contributed by atoms with Gasteiger partial charge in [0.1, 0.15) is 4.60 Å². The van der Waals surface area contributed by atoms with Crippen molar-refractivity contribution in [2.24, 2.45) is 0 Å². The highest BCUT2D eigenvalue weighted by Crippen LogP contribution is 2.05. The lowest BCUT2D eigenvalue weighted by atomic mass is 10.4. The van der Waals surface area contributed by atoms with Gasteiger partial charge in [0.2, 0.25) is 0 Å². The fourth-order valence-corrected chi connectivity index (χ4v) is 0.690. The van der Waals surface area contributed by atoms with Crippen LogP contribution in [0.2, 0.25) is 0 Å². The molecule has 1 heterocycles. The van der Waals surface area contributed by atoms with Crippen LogP contribution in [-0.4, -0.2) is 18.1 Å². The highest BCUT2D eigenvalue weighted by atomic mass is 79.9.